The zero-order valence-corrected chi connectivity index (χ0v) is 21.4. The van der Waals surface area contributed by atoms with Crippen LogP contribution in [0.4, 0.5) is 4.79 Å². The largest absolute Gasteiger partial charge is 0.444 e. The van der Waals surface area contributed by atoms with Crippen molar-refractivity contribution in [1.82, 2.24) is 4.90 Å². The molecule has 0 aromatic heterocycles. The van der Waals surface area contributed by atoms with Gasteiger partial charge in [-0.2, -0.15) is 0 Å². The molecule has 1 aromatic carbocycles. The normalized spacial score (nSPS) is 21.6. The van der Waals surface area contributed by atoms with Gasteiger partial charge in [0, 0.05) is 43.3 Å². The molecule has 0 bridgehead atoms. The zero-order chi connectivity index (χ0) is 24.9. The Bertz CT molecular complexity index is 1030. The van der Waals surface area contributed by atoms with E-state index in [9.17, 15) is 9.90 Å². The third-order valence-electron chi connectivity index (χ3n) is 6.36. The summed E-state index contributed by atoms with van der Waals surface area (Å²) >= 11 is 6.43. The van der Waals surface area contributed by atoms with Crippen LogP contribution in [0.1, 0.15) is 63.5 Å². The summed E-state index contributed by atoms with van der Waals surface area (Å²) in [5, 5.41) is 10.1. The van der Waals surface area contributed by atoms with E-state index in [-0.39, 0.29) is 24.5 Å². The van der Waals surface area contributed by atoms with E-state index < -0.39 is 5.60 Å². The standard InChI is InChI=1S/C28H35ClN2O3/c1-6-8-21-17-20(9-7-16-32)24-18-22(29)10-11-23(24)25(26(21)30-5)19-12-14-31(15-13-19)27(33)34-28(2,3)4/h1,8,10-11,17-19,25,32H,7,9,12-16H2,2-5H3/b21-8-,30-26?. The number of allylic oxidation sites excluding steroid dienone is 4. The van der Waals surface area contributed by atoms with Crippen LogP contribution in [-0.2, 0) is 4.74 Å². The SMILES string of the molecule is C#C/C=C1/C=C(CCCO)c2cc(Cl)ccc2C(C2CCN(C(=O)OC(C)(C)C)CC2)C1=NC. The number of carbonyl (C=O) groups is 1. The van der Waals surface area contributed by atoms with Crippen molar-refractivity contribution in [2.75, 3.05) is 26.7 Å². The second kappa shape index (κ2) is 11.3. The molecule has 3 rings (SSSR count). The van der Waals surface area contributed by atoms with Crippen molar-refractivity contribution < 1.29 is 14.6 Å². The third kappa shape index (κ3) is 6.11. The summed E-state index contributed by atoms with van der Waals surface area (Å²) < 4.78 is 5.58. The van der Waals surface area contributed by atoms with Gasteiger partial charge in [-0.1, -0.05) is 23.6 Å². The van der Waals surface area contributed by atoms with E-state index in [0.717, 1.165) is 35.3 Å². The number of benzene rings is 1. The van der Waals surface area contributed by atoms with E-state index in [2.05, 4.69) is 18.1 Å². The van der Waals surface area contributed by atoms with Crippen LogP contribution in [0.5, 0.6) is 0 Å². The van der Waals surface area contributed by atoms with Gasteiger partial charge in [0.25, 0.3) is 0 Å². The topological polar surface area (TPSA) is 62.1 Å². The number of fused-ring (bicyclic) bond motifs is 1. The number of halogens is 1. The van der Waals surface area contributed by atoms with Gasteiger partial charge in [0.15, 0.2) is 0 Å². The molecule has 5 nitrogen and oxygen atoms in total. The zero-order valence-electron chi connectivity index (χ0n) is 20.6. The van der Waals surface area contributed by atoms with Crippen molar-refractivity contribution in [3.05, 3.63) is 52.1 Å². The lowest BCUT2D eigenvalue weighted by Gasteiger charge is -2.37. The van der Waals surface area contributed by atoms with E-state index in [1.54, 1.807) is 11.0 Å². The number of carbonyl (C=O) groups excluding carboxylic acids is 1. The molecular formula is C28H35ClN2O3. The molecule has 1 N–H and O–H groups in total. The summed E-state index contributed by atoms with van der Waals surface area (Å²) in [5.74, 6) is 2.99. The molecule has 1 aromatic rings. The second-order valence-corrected chi connectivity index (χ2v) is 10.3. The van der Waals surface area contributed by atoms with Gasteiger partial charge in [0.05, 0.1) is 5.71 Å². The van der Waals surface area contributed by atoms with Crippen LogP contribution in [0.2, 0.25) is 5.02 Å². The quantitative estimate of drug-likeness (QED) is 0.546. The van der Waals surface area contributed by atoms with Crippen LogP contribution in [0, 0.1) is 18.3 Å². The summed E-state index contributed by atoms with van der Waals surface area (Å²) in [6.45, 7) is 7.04. The highest BCUT2D eigenvalue weighted by molar-refractivity contribution is 6.30. The average molecular weight is 483 g/mol. The van der Waals surface area contributed by atoms with Crippen molar-refractivity contribution in [3.8, 4) is 12.3 Å². The lowest BCUT2D eigenvalue weighted by atomic mass is 9.75. The molecule has 1 atom stereocenters. The Morgan fingerprint density at radius 1 is 1.35 bits per heavy atom. The number of likely N-dealkylation sites (tertiary alicyclic amines) is 1. The molecule has 0 saturated carbocycles. The molecule has 34 heavy (non-hydrogen) atoms. The maximum atomic E-state index is 12.6. The number of aliphatic hydroxyl groups excluding tert-OH is 1. The fraction of sp³-hybridized carbons (Fsp3) is 0.500. The van der Waals surface area contributed by atoms with Crippen molar-refractivity contribution in [3.63, 3.8) is 0 Å². The van der Waals surface area contributed by atoms with Crippen molar-refractivity contribution >= 4 is 29.0 Å². The summed E-state index contributed by atoms with van der Waals surface area (Å²) in [6.07, 6.45) is 12.3. The minimum absolute atomic E-state index is 0.0283. The Hall–Kier alpha value is -2.55. The van der Waals surface area contributed by atoms with Gasteiger partial charge in [-0.05, 0) is 93.4 Å². The van der Waals surface area contributed by atoms with Crippen molar-refractivity contribution in [2.45, 2.75) is 58.0 Å². The smallest absolute Gasteiger partial charge is 0.410 e. The Kier molecular flexibility index (Phi) is 8.62. The number of aliphatic hydroxyl groups is 1. The molecule has 1 unspecified atom stereocenters. The first kappa shape index (κ1) is 26.1. The van der Waals surface area contributed by atoms with Gasteiger partial charge in [0.1, 0.15) is 5.60 Å². The highest BCUT2D eigenvalue weighted by Gasteiger charge is 2.37. The maximum Gasteiger partial charge on any atom is 0.410 e. The predicted octanol–water partition coefficient (Wildman–Crippen LogP) is 5.87. The highest BCUT2D eigenvalue weighted by Crippen LogP contribution is 2.43. The first-order valence-electron chi connectivity index (χ1n) is 11.9. The van der Waals surface area contributed by atoms with Gasteiger partial charge >= 0.3 is 6.09 Å². The molecule has 0 radical (unpaired) electrons. The number of aliphatic imine (C=N–C) groups is 1. The molecule has 1 fully saturated rings. The Balaban J connectivity index is 1.99. The molecule has 0 spiro atoms. The Labute approximate surface area is 208 Å². The lowest BCUT2D eigenvalue weighted by molar-refractivity contribution is 0.0181. The van der Waals surface area contributed by atoms with Gasteiger partial charge in [-0.15, -0.1) is 6.42 Å². The lowest BCUT2D eigenvalue weighted by Crippen LogP contribution is -2.43. The number of piperidine rings is 1. The number of ether oxygens (including phenoxy) is 1. The van der Waals surface area contributed by atoms with Crippen LogP contribution in [0.25, 0.3) is 5.57 Å². The third-order valence-corrected chi connectivity index (χ3v) is 6.60. The molecule has 1 amide bonds. The van der Waals surface area contributed by atoms with E-state index in [4.69, 9.17) is 27.8 Å². The first-order valence-corrected chi connectivity index (χ1v) is 12.3. The first-order chi connectivity index (χ1) is 16.2. The molecule has 1 saturated heterocycles. The summed E-state index contributed by atoms with van der Waals surface area (Å²) in [4.78, 5) is 19.1. The number of hydrogen-bond donors (Lipinski definition) is 1. The maximum absolute atomic E-state index is 12.6. The number of amides is 1. The second-order valence-electron chi connectivity index (χ2n) is 9.89. The van der Waals surface area contributed by atoms with Crippen LogP contribution in [0.3, 0.4) is 0 Å². The number of nitrogens with zero attached hydrogens (tertiary/aromatic N) is 2. The van der Waals surface area contributed by atoms with E-state index >= 15 is 0 Å². The van der Waals surface area contributed by atoms with Crippen molar-refractivity contribution in [2.24, 2.45) is 10.9 Å². The number of rotatable bonds is 4. The van der Waals surface area contributed by atoms with Crippen LogP contribution in [0.15, 0.2) is 40.9 Å². The molecule has 6 heteroatoms. The van der Waals surface area contributed by atoms with E-state index in [1.807, 2.05) is 40.0 Å². The number of hydrogen-bond acceptors (Lipinski definition) is 4. The number of terminal acetylenes is 1. The monoisotopic (exact) mass is 482 g/mol. The van der Waals surface area contributed by atoms with Crippen molar-refractivity contribution in [1.29, 1.82) is 0 Å². The Morgan fingerprint density at radius 2 is 2.06 bits per heavy atom. The summed E-state index contributed by atoms with van der Waals surface area (Å²) in [6, 6.07) is 6.03. The van der Waals surface area contributed by atoms with Gasteiger partial charge in [0.2, 0.25) is 0 Å². The fourth-order valence-corrected chi connectivity index (χ4v) is 5.09. The van der Waals surface area contributed by atoms with Gasteiger partial charge in [-0.25, -0.2) is 4.79 Å². The molecule has 1 aliphatic heterocycles. The molecule has 182 valence electrons. The van der Waals surface area contributed by atoms with Crippen LogP contribution >= 0.6 is 11.6 Å². The fourth-order valence-electron chi connectivity index (χ4n) is 4.91. The molecule has 1 heterocycles. The average Bonchev–Trinajstić information content (AvgIpc) is 2.91. The van der Waals surface area contributed by atoms with E-state index in [0.29, 0.717) is 31.0 Å². The van der Waals surface area contributed by atoms with Gasteiger partial charge < -0.3 is 14.7 Å². The highest BCUT2D eigenvalue weighted by atomic mass is 35.5. The molecule has 1 aliphatic carbocycles. The van der Waals surface area contributed by atoms with Crippen LogP contribution in [-0.4, -0.2) is 54.2 Å². The summed E-state index contributed by atoms with van der Waals surface area (Å²) in [7, 11) is 1.81. The molecular weight excluding hydrogens is 448 g/mol. The summed E-state index contributed by atoms with van der Waals surface area (Å²) in [5.41, 5.74) is 4.72. The minimum Gasteiger partial charge on any atom is -0.444 e. The van der Waals surface area contributed by atoms with Crippen LogP contribution < -0.4 is 0 Å². The minimum atomic E-state index is -0.513. The van der Waals surface area contributed by atoms with Gasteiger partial charge in [-0.3, -0.25) is 4.99 Å². The Morgan fingerprint density at radius 3 is 2.65 bits per heavy atom. The molecule has 2 aliphatic rings. The predicted molar refractivity (Wildman–Crippen MR) is 139 cm³/mol. The van der Waals surface area contributed by atoms with E-state index in [1.165, 1.54) is 5.56 Å².